The molecule has 0 bridgehead atoms. The standard InChI is InChI=1S/C22H33N3O2/c1-22(2)10-6-7-16(12-22)23-13-15-11-18-19(24-20(15)27-3)14-25(21(18)26)17-8-4-5-9-17/h11,14,16-17,23,26H,4-10,12-13H2,1-3H3. The van der Waals surface area contributed by atoms with E-state index in [0.717, 1.165) is 35.9 Å². The highest BCUT2D eigenvalue weighted by atomic mass is 16.5. The highest BCUT2D eigenvalue weighted by Gasteiger charge is 2.28. The van der Waals surface area contributed by atoms with E-state index < -0.39 is 0 Å². The van der Waals surface area contributed by atoms with Gasteiger partial charge in [-0.25, -0.2) is 4.98 Å². The van der Waals surface area contributed by atoms with Crippen LogP contribution in [-0.4, -0.2) is 27.8 Å². The maximum Gasteiger partial charge on any atom is 0.218 e. The number of aromatic nitrogens is 2. The van der Waals surface area contributed by atoms with E-state index in [1.807, 2.05) is 10.8 Å². The fourth-order valence-corrected chi connectivity index (χ4v) is 5.05. The fraction of sp³-hybridized carbons (Fsp3) is 0.682. The quantitative estimate of drug-likeness (QED) is 0.783. The zero-order chi connectivity index (χ0) is 19.0. The van der Waals surface area contributed by atoms with Crippen LogP contribution in [0.5, 0.6) is 11.8 Å². The molecular formula is C22H33N3O2. The summed E-state index contributed by atoms with van der Waals surface area (Å²) in [5, 5.41) is 15.3. The third-order valence-electron chi connectivity index (χ3n) is 6.54. The first-order chi connectivity index (χ1) is 13.0. The van der Waals surface area contributed by atoms with Gasteiger partial charge in [0.2, 0.25) is 11.8 Å². The minimum Gasteiger partial charge on any atom is -0.494 e. The lowest BCUT2D eigenvalue weighted by Crippen LogP contribution is -2.36. The molecule has 2 N–H and O–H groups in total. The Hall–Kier alpha value is -1.75. The van der Waals surface area contributed by atoms with Crippen LogP contribution in [-0.2, 0) is 6.54 Å². The molecule has 1 unspecified atom stereocenters. The molecule has 5 nitrogen and oxygen atoms in total. The van der Waals surface area contributed by atoms with Crippen LogP contribution in [0.2, 0.25) is 0 Å². The predicted octanol–water partition coefficient (Wildman–Crippen LogP) is 4.92. The third kappa shape index (κ3) is 3.79. The van der Waals surface area contributed by atoms with Gasteiger partial charge in [-0.2, -0.15) is 0 Å². The van der Waals surface area contributed by atoms with Gasteiger partial charge in [0.05, 0.1) is 18.0 Å². The second kappa shape index (κ2) is 7.34. The van der Waals surface area contributed by atoms with Crippen LogP contribution in [0, 0.1) is 5.41 Å². The van der Waals surface area contributed by atoms with Crippen LogP contribution in [0.1, 0.15) is 76.8 Å². The smallest absolute Gasteiger partial charge is 0.218 e. The van der Waals surface area contributed by atoms with Gasteiger partial charge in [-0.05, 0) is 43.6 Å². The maximum absolute atomic E-state index is 10.8. The summed E-state index contributed by atoms with van der Waals surface area (Å²) in [5.74, 6) is 1.01. The summed E-state index contributed by atoms with van der Waals surface area (Å²) >= 11 is 0. The molecule has 2 aliphatic carbocycles. The number of pyridine rings is 1. The molecular weight excluding hydrogens is 338 g/mol. The molecule has 2 aromatic heterocycles. The van der Waals surface area contributed by atoms with Crippen molar-refractivity contribution in [3.8, 4) is 11.8 Å². The number of nitrogens with one attached hydrogen (secondary N) is 1. The predicted molar refractivity (Wildman–Crippen MR) is 108 cm³/mol. The number of methoxy groups -OCH3 is 1. The zero-order valence-corrected chi connectivity index (χ0v) is 16.9. The summed E-state index contributed by atoms with van der Waals surface area (Å²) in [4.78, 5) is 4.70. The van der Waals surface area contributed by atoms with Crippen LogP contribution in [0.4, 0.5) is 0 Å². The molecule has 27 heavy (non-hydrogen) atoms. The summed E-state index contributed by atoms with van der Waals surface area (Å²) in [5.41, 5.74) is 2.26. The summed E-state index contributed by atoms with van der Waals surface area (Å²) < 4.78 is 7.59. The van der Waals surface area contributed by atoms with E-state index in [1.165, 1.54) is 38.5 Å². The van der Waals surface area contributed by atoms with Gasteiger partial charge in [0.1, 0.15) is 0 Å². The van der Waals surface area contributed by atoms with Crippen molar-refractivity contribution in [3.05, 3.63) is 17.8 Å². The summed E-state index contributed by atoms with van der Waals surface area (Å²) in [6.07, 6.45) is 11.8. The van der Waals surface area contributed by atoms with E-state index in [-0.39, 0.29) is 0 Å². The van der Waals surface area contributed by atoms with E-state index >= 15 is 0 Å². The van der Waals surface area contributed by atoms with Gasteiger partial charge in [-0.15, -0.1) is 0 Å². The van der Waals surface area contributed by atoms with E-state index in [0.29, 0.717) is 29.3 Å². The average Bonchev–Trinajstić information content (AvgIpc) is 3.26. The molecule has 0 spiro atoms. The molecule has 0 saturated heterocycles. The molecule has 0 aliphatic heterocycles. The molecule has 2 fully saturated rings. The van der Waals surface area contributed by atoms with Gasteiger partial charge in [0.25, 0.3) is 0 Å². The van der Waals surface area contributed by atoms with Crippen molar-refractivity contribution in [2.75, 3.05) is 7.11 Å². The van der Waals surface area contributed by atoms with Gasteiger partial charge in [0, 0.05) is 30.4 Å². The van der Waals surface area contributed by atoms with E-state index in [2.05, 4.69) is 25.2 Å². The molecule has 0 aromatic carbocycles. The van der Waals surface area contributed by atoms with Crippen molar-refractivity contribution >= 4 is 10.9 Å². The largest absolute Gasteiger partial charge is 0.494 e. The Labute approximate surface area is 162 Å². The number of fused-ring (bicyclic) bond motifs is 1. The summed E-state index contributed by atoms with van der Waals surface area (Å²) in [7, 11) is 1.68. The highest BCUT2D eigenvalue weighted by Crippen LogP contribution is 2.39. The van der Waals surface area contributed by atoms with Crippen LogP contribution in [0.15, 0.2) is 12.3 Å². The third-order valence-corrected chi connectivity index (χ3v) is 6.54. The number of hydrogen-bond donors (Lipinski definition) is 2. The summed E-state index contributed by atoms with van der Waals surface area (Å²) in [6, 6.07) is 2.99. The molecule has 2 heterocycles. The maximum atomic E-state index is 10.8. The summed E-state index contributed by atoms with van der Waals surface area (Å²) in [6.45, 7) is 5.44. The molecule has 2 aromatic rings. The highest BCUT2D eigenvalue weighted by molar-refractivity contribution is 5.86. The molecule has 148 valence electrons. The number of aromatic hydroxyl groups is 1. The van der Waals surface area contributed by atoms with Gasteiger partial charge in [-0.3, -0.25) is 0 Å². The van der Waals surface area contributed by atoms with Crippen molar-refractivity contribution in [1.82, 2.24) is 14.9 Å². The molecule has 0 radical (unpaired) electrons. The molecule has 1 atom stereocenters. The second-order valence-electron chi connectivity index (χ2n) is 9.23. The first-order valence-electron chi connectivity index (χ1n) is 10.5. The fourth-order valence-electron chi connectivity index (χ4n) is 5.05. The number of nitrogens with zero attached hydrogens (tertiary/aromatic N) is 2. The normalized spacial score (nSPS) is 23.1. The Morgan fingerprint density at radius 2 is 2.04 bits per heavy atom. The Morgan fingerprint density at radius 1 is 1.26 bits per heavy atom. The minimum absolute atomic E-state index is 0.354. The topological polar surface area (TPSA) is 59.3 Å². The average molecular weight is 372 g/mol. The molecule has 5 heteroatoms. The minimum atomic E-state index is 0.354. The van der Waals surface area contributed by atoms with Crippen LogP contribution < -0.4 is 10.1 Å². The lowest BCUT2D eigenvalue weighted by atomic mass is 9.75. The number of rotatable bonds is 5. The van der Waals surface area contributed by atoms with E-state index in [1.54, 1.807) is 7.11 Å². The Kier molecular flexibility index (Phi) is 5.06. The first-order valence-corrected chi connectivity index (χ1v) is 10.5. The molecule has 2 aliphatic rings. The number of hydrogen-bond acceptors (Lipinski definition) is 4. The lowest BCUT2D eigenvalue weighted by Gasteiger charge is -2.35. The zero-order valence-electron chi connectivity index (χ0n) is 16.9. The van der Waals surface area contributed by atoms with Crippen molar-refractivity contribution in [3.63, 3.8) is 0 Å². The first kappa shape index (κ1) is 18.6. The van der Waals surface area contributed by atoms with Crippen molar-refractivity contribution in [1.29, 1.82) is 0 Å². The van der Waals surface area contributed by atoms with Crippen molar-refractivity contribution in [2.45, 2.75) is 83.8 Å². The van der Waals surface area contributed by atoms with Gasteiger partial charge in [-0.1, -0.05) is 33.1 Å². The number of ether oxygens (including phenoxy) is 1. The Balaban J connectivity index is 1.57. The van der Waals surface area contributed by atoms with Crippen molar-refractivity contribution < 1.29 is 9.84 Å². The van der Waals surface area contributed by atoms with Crippen LogP contribution >= 0.6 is 0 Å². The molecule has 2 saturated carbocycles. The van der Waals surface area contributed by atoms with Gasteiger partial charge < -0.3 is 19.7 Å². The van der Waals surface area contributed by atoms with E-state index in [4.69, 9.17) is 9.72 Å². The Morgan fingerprint density at radius 3 is 2.74 bits per heavy atom. The Bertz CT molecular complexity index is 805. The molecule has 0 amide bonds. The van der Waals surface area contributed by atoms with Gasteiger partial charge >= 0.3 is 0 Å². The van der Waals surface area contributed by atoms with Crippen molar-refractivity contribution in [2.24, 2.45) is 5.41 Å². The van der Waals surface area contributed by atoms with Crippen LogP contribution in [0.25, 0.3) is 10.9 Å². The lowest BCUT2D eigenvalue weighted by molar-refractivity contribution is 0.197. The monoisotopic (exact) mass is 371 g/mol. The van der Waals surface area contributed by atoms with Gasteiger partial charge in [0.15, 0.2) is 0 Å². The van der Waals surface area contributed by atoms with E-state index in [9.17, 15) is 5.11 Å². The SMILES string of the molecule is COc1nc2cn(C3CCCC3)c(O)c2cc1CNC1CCCC(C)(C)C1. The second-order valence-corrected chi connectivity index (χ2v) is 9.23. The molecule has 4 rings (SSSR count). The van der Waals surface area contributed by atoms with Crippen LogP contribution in [0.3, 0.4) is 0 Å².